The maximum Gasteiger partial charge on any atom is 0.322 e. The van der Waals surface area contributed by atoms with Crippen molar-refractivity contribution in [3.05, 3.63) is 41.6 Å². The number of benzene rings is 1. The minimum absolute atomic E-state index is 0.161. The van der Waals surface area contributed by atoms with E-state index in [-0.39, 0.29) is 5.69 Å². The van der Waals surface area contributed by atoms with Gasteiger partial charge in [0.15, 0.2) is 0 Å². The van der Waals surface area contributed by atoms with Crippen LogP contribution >= 0.6 is 0 Å². The fourth-order valence-corrected chi connectivity index (χ4v) is 3.77. The summed E-state index contributed by atoms with van der Waals surface area (Å²) >= 11 is 0. The Morgan fingerprint density at radius 2 is 1.61 bits per heavy atom. The number of aryl methyl sites for hydroxylation is 1. The van der Waals surface area contributed by atoms with Crippen molar-refractivity contribution >= 4 is 23.5 Å². The molecule has 3 heterocycles. The Hall–Kier alpha value is -3.01. The third-order valence-electron chi connectivity index (χ3n) is 5.68. The Labute approximate surface area is 180 Å². The van der Waals surface area contributed by atoms with Gasteiger partial charge >= 0.3 is 6.03 Å². The zero-order valence-electron chi connectivity index (χ0n) is 17.8. The SMILES string of the molecule is Cc1cc(N2CCN(C)CC2)nc(N2CCN(C(=O)Nc3cc(F)ccc3F)CC2)n1. The first-order valence-electron chi connectivity index (χ1n) is 10.4. The molecule has 0 spiro atoms. The number of carbonyl (C=O) groups is 1. The van der Waals surface area contributed by atoms with Crippen LogP contribution in [0.15, 0.2) is 24.3 Å². The number of piperazine rings is 2. The van der Waals surface area contributed by atoms with Crippen molar-refractivity contribution in [1.29, 1.82) is 0 Å². The van der Waals surface area contributed by atoms with Crippen LogP contribution in [0.25, 0.3) is 0 Å². The van der Waals surface area contributed by atoms with Gasteiger partial charge in [-0.2, -0.15) is 4.98 Å². The van der Waals surface area contributed by atoms with E-state index in [1.54, 1.807) is 4.90 Å². The van der Waals surface area contributed by atoms with Gasteiger partial charge < -0.3 is 24.9 Å². The highest BCUT2D eigenvalue weighted by Gasteiger charge is 2.25. The molecule has 2 aliphatic heterocycles. The van der Waals surface area contributed by atoms with Crippen LogP contribution in [0.4, 0.5) is 31.0 Å². The molecule has 8 nitrogen and oxygen atoms in total. The zero-order chi connectivity index (χ0) is 22.0. The average molecular weight is 431 g/mol. The summed E-state index contributed by atoms with van der Waals surface area (Å²) in [6.45, 7) is 7.80. The number of anilines is 3. The molecule has 0 bridgehead atoms. The van der Waals surface area contributed by atoms with Gasteiger partial charge in [0.1, 0.15) is 17.5 Å². The van der Waals surface area contributed by atoms with Gasteiger partial charge in [0.05, 0.1) is 5.69 Å². The summed E-state index contributed by atoms with van der Waals surface area (Å²) in [7, 11) is 2.12. The molecule has 2 saturated heterocycles. The van der Waals surface area contributed by atoms with Gasteiger partial charge in [0.2, 0.25) is 5.95 Å². The first-order valence-corrected chi connectivity index (χ1v) is 10.4. The second-order valence-electron chi connectivity index (χ2n) is 7.99. The van der Waals surface area contributed by atoms with Crippen LogP contribution in [0.5, 0.6) is 0 Å². The Kier molecular flexibility index (Phi) is 6.17. The minimum Gasteiger partial charge on any atom is -0.354 e. The molecular weight excluding hydrogens is 404 g/mol. The van der Waals surface area contributed by atoms with E-state index >= 15 is 0 Å². The Morgan fingerprint density at radius 1 is 0.935 bits per heavy atom. The van der Waals surface area contributed by atoms with E-state index in [0.29, 0.717) is 32.1 Å². The molecule has 1 aromatic heterocycles. The van der Waals surface area contributed by atoms with Crippen LogP contribution in [0.1, 0.15) is 5.69 Å². The van der Waals surface area contributed by atoms with E-state index in [4.69, 9.17) is 4.98 Å². The Balaban J connectivity index is 1.38. The summed E-state index contributed by atoms with van der Waals surface area (Å²) < 4.78 is 27.1. The summed E-state index contributed by atoms with van der Waals surface area (Å²) in [6.07, 6.45) is 0. The molecule has 0 saturated carbocycles. The maximum atomic E-state index is 13.8. The zero-order valence-corrected chi connectivity index (χ0v) is 17.8. The van der Waals surface area contributed by atoms with Crippen molar-refractivity contribution in [2.45, 2.75) is 6.92 Å². The fraction of sp³-hybridized carbons (Fsp3) is 0.476. The van der Waals surface area contributed by atoms with Crippen LogP contribution in [0, 0.1) is 18.6 Å². The van der Waals surface area contributed by atoms with Gasteiger partial charge in [-0.05, 0) is 26.1 Å². The van der Waals surface area contributed by atoms with E-state index in [0.717, 1.165) is 55.9 Å². The van der Waals surface area contributed by atoms with Gasteiger partial charge in [-0.15, -0.1) is 0 Å². The number of halogens is 2. The van der Waals surface area contributed by atoms with Crippen molar-refractivity contribution in [1.82, 2.24) is 19.8 Å². The standard InChI is InChI=1S/C21H27F2N7O/c1-15-13-19(28-7-5-27(2)6-8-28)26-20(24-15)29-9-11-30(12-10-29)21(31)25-18-14-16(22)3-4-17(18)23/h3-4,13-14H,5-12H2,1-2H3,(H,25,31). The number of hydrogen-bond donors (Lipinski definition) is 1. The summed E-state index contributed by atoms with van der Waals surface area (Å²) in [5.41, 5.74) is 0.743. The topological polar surface area (TPSA) is 67.8 Å². The third-order valence-corrected chi connectivity index (χ3v) is 5.68. The Morgan fingerprint density at radius 3 is 2.32 bits per heavy atom. The van der Waals surface area contributed by atoms with Crippen molar-refractivity contribution in [2.24, 2.45) is 0 Å². The maximum absolute atomic E-state index is 13.8. The molecule has 0 unspecified atom stereocenters. The molecule has 1 N–H and O–H groups in total. The summed E-state index contributed by atoms with van der Waals surface area (Å²) in [5.74, 6) is 0.315. The number of nitrogens with one attached hydrogen (secondary N) is 1. The minimum atomic E-state index is -0.669. The van der Waals surface area contributed by atoms with Crippen LogP contribution in [-0.2, 0) is 0 Å². The molecular formula is C21H27F2N7O. The number of urea groups is 1. The predicted molar refractivity (Wildman–Crippen MR) is 116 cm³/mol. The number of nitrogens with zero attached hydrogens (tertiary/aromatic N) is 6. The molecule has 0 atom stereocenters. The van der Waals surface area contributed by atoms with Crippen LogP contribution in [-0.4, -0.2) is 85.2 Å². The van der Waals surface area contributed by atoms with Crippen molar-refractivity contribution in [3.63, 3.8) is 0 Å². The summed E-state index contributed by atoms with van der Waals surface area (Å²) in [5, 5.41) is 2.45. The molecule has 2 amide bonds. The van der Waals surface area contributed by atoms with Gasteiger partial charge in [-0.3, -0.25) is 0 Å². The van der Waals surface area contributed by atoms with E-state index in [1.165, 1.54) is 0 Å². The number of carbonyl (C=O) groups excluding carboxylic acids is 1. The van der Waals surface area contributed by atoms with E-state index in [9.17, 15) is 13.6 Å². The van der Waals surface area contributed by atoms with E-state index < -0.39 is 17.7 Å². The number of hydrogen-bond acceptors (Lipinski definition) is 6. The third kappa shape index (κ3) is 5.01. The van der Waals surface area contributed by atoms with Crippen molar-refractivity contribution in [2.75, 3.05) is 74.5 Å². The molecule has 10 heteroatoms. The highest BCUT2D eigenvalue weighted by Crippen LogP contribution is 2.21. The van der Waals surface area contributed by atoms with Crippen molar-refractivity contribution < 1.29 is 13.6 Å². The van der Waals surface area contributed by atoms with E-state index in [2.05, 4.69) is 32.0 Å². The molecule has 2 aliphatic rings. The van der Waals surface area contributed by atoms with Crippen LogP contribution < -0.4 is 15.1 Å². The molecule has 31 heavy (non-hydrogen) atoms. The van der Waals surface area contributed by atoms with Crippen LogP contribution in [0.2, 0.25) is 0 Å². The van der Waals surface area contributed by atoms with Gasteiger partial charge in [0, 0.05) is 70.2 Å². The largest absolute Gasteiger partial charge is 0.354 e. The normalized spacial score (nSPS) is 17.7. The first-order chi connectivity index (χ1) is 14.9. The average Bonchev–Trinajstić information content (AvgIpc) is 2.76. The highest BCUT2D eigenvalue weighted by molar-refractivity contribution is 5.89. The summed E-state index contributed by atoms with van der Waals surface area (Å²) in [4.78, 5) is 30.1. The smallest absolute Gasteiger partial charge is 0.322 e. The second-order valence-corrected chi connectivity index (χ2v) is 7.99. The van der Waals surface area contributed by atoms with E-state index in [1.807, 2.05) is 13.0 Å². The number of rotatable bonds is 3. The lowest BCUT2D eigenvalue weighted by molar-refractivity contribution is 0.208. The quantitative estimate of drug-likeness (QED) is 0.804. The fourth-order valence-electron chi connectivity index (χ4n) is 3.77. The molecule has 0 aliphatic carbocycles. The molecule has 2 fully saturated rings. The summed E-state index contributed by atoms with van der Waals surface area (Å²) in [6, 6.07) is 4.54. The first kappa shape index (κ1) is 21.2. The molecule has 0 radical (unpaired) electrons. The molecule has 2 aromatic rings. The van der Waals surface area contributed by atoms with Crippen molar-refractivity contribution in [3.8, 4) is 0 Å². The number of aromatic nitrogens is 2. The number of likely N-dealkylation sites (N-methyl/N-ethyl adjacent to an activating group) is 1. The number of amides is 2. The molecule has 166 valence electrons. The highest BCUT2D eigenvalue weighted by atomic mass is 19.1. The molecule has 4 rings (SSSR count). The molecule has 1 aromatic carbocycles. The van der Waals surface area contributed by atoms with Gasteiger partial charge in [-0.1, -0.05) is 0 Å². The van der Waals surface area contributed by atoms with Gasteiger partial charge in [0.25, 0.3) is 0 Å². The lowest BCUT2D eigenvalue weighted by Crippen LogP contribution is -2.50. The van der Waals surface area contributed by atoms with Crippen LogP contribution in [0.3, 0.4) is 0 Å². The van der Waals surface area contributed by atoms with Gasteiger partial charge in [-0.25, -0.2) is 18.6 Å². The predicted octanol–water partition coefficient (Wildman–Crippen LogP) is 2.17. The Bertz CT molecular complexity index is 941. The lowest BCUT2D eigenvalue weighted by atomic mass is 10.3. The monoisotopic (exact) mass is 431 g/mol. The second kappa shape index (κ2) is 9.01. The lowest BCUT2D eigenvalue weighted by Gasteiger charge is -2.36.